The quantitative estimate of drug-likeness (QED) is 0.748. The first-order valence-electron chi connectivity index (χ1n) is 7.76. The number of hydrogen-bond acceptors (Lipinski definition) is 4. The summed E-state index contributed by atoms with van der Waals surface area (Å²) < 4.78 is 18.5. The fourth-order valence-corrected chi connectivity index (χ4v) is 2.45. The predicted molar refractivity (Wildman–Crippen MR) is 89.1 cm³/mol. The molecule has 0 aliphatic carbocycles. The highest BCUT2D eigenvalue weighted by Gasteiger charge is 2.17. The topological polar surface area (TPSA) is 80.0 Å². The van der Waals surface area contributed by atoms with Gasteiger partial charge >= 0.3 is 6.03 Å². The number of rotatable bonds is 5. The molecule has 7 heteroatoms. The first kappa shape index (κ1) is 16.6. The minimum absolute atomic E-state index is 0.133. The number of amides is 2. The zero-order valence-electron chi connectivity index (χ0n) is 13.6. The smallest absolute Gasteiger partial charge is 0.315 e. The maximum absolute atomic E-state index is 13.6. The van der Waals surface area contributed by atoms with Crippen LogP contribution >= 0.6 is 0 Å². The third kappa shape index (κ3) is 4.41. The van der Waals surface area contributed by atoms with Crippen molar-refractivity contribution in [1.82, 2.24) is 20.8 Å². The van der Waals surface area contributed by atoms with Crippen LogP contribution in [0.25, 0.3) is 0 Å². The van der Waals surface area contributed by atoms with Crippen molar-refractivity contribution in [2.75, 3.05) is 0 Å². The van der Waals surface area contributed by atoms with Gasteiger partial charge in [0.05, 0.1) is 12.6 Å². The minimum atomic E-state index is -0.482. The molecule has 0 aliphatic heterocycles. The van der Waals surface area contributed by atoms with Gasteiger partial charge in [0.25, 0.3) is 0 Å². The first-order chi connectivity index (χ1) is 12.1. The van der Waals surface area contributed by atoms with E-state index in [4.69, 9.17) is 4.52 Å². The highest BCUT2D eigenvalue weighted by Crippen LogP contribution is 2.22. The van der Waals surface area contributed by atoms with Gasteiger partial charge in [-0.05, 0) is 23.3 Å². The fraction of sp³-hybridized carbons (Fsp3) is 0.167. The van der Waals surface area contributed by atoms with Gasteiger partial charge in [-0.2, -0.15) is 4.98 Å². The Morgan fingerprint density at radius 3 is 2.60 bits per heavy atom. The SMILES string of the molecule is Cc1nc(CNC(=O)N[C@H](c2ccccc2)c2cccc(F)c2)no1. The van der Waals surface area contributed by atoms with Crippen LogP contribution in [0.2, 0.25) is 0 Å². The molecule has 6 nitrogen and oxygen atoms in total. The van der Waals surface area contributed by atoms with E-state index in [0.717, 1.165) is 5.56 Å². The van der Waals surface area contributed by atoms with E-state index in [2.05, 4.69) is 20.8 Å². The summed E-state index contributed by atoms with van der Waals surface area (Å²) in [5.41, 5.74) is 1.50. The molecule has 0 spiro atoms. The second kappa shape index (κ2) is 7.57. The van der Waals surface area contributed by atoms with E-state index in [-0.39, 0.29) is 12.4 Å². The van der Waals surface area contributed by atoms with E-state index >= 15 is 0 Å². The molecule has 0 radical (unpaired) electrons. The number of hydrogen-bond donors (Lipinski definition) is 2. The van der Waals surface area contributed by atoms with Crippen LogP contribution < -0.4 is 10.6 Å². The summed E-state index contributed by atoms with van der Waals surface area (Å²) in [6.45, 7) is 1.81. The molecule has 2 aromatic carbocycles. The number of urea groups is 1. The number of benzene rings is 2. The number of carbonyl (C=O) groups excluding carboxylic acids is 1. The Hall–Kier alpha value is -3.22. The fourth-order valence-electron chi connectivity index (χ4n) is 2.45. The van der Waals surface area contributed by atoms with Crippen molar-refractivity contribution in [2.24, 2.45) is 0 Å². The number of carbonyl (C=O) groups is 1. The summed E-state index contributed by atoms with van der Waals surface area (Å²) in [6.07, 6.45) is 0. The number of nitrogens with one attached hydrogen (secondary N) is 2. The molecule has 0 unspecified atom stereocenters. The van der Waals surface area contributed by atoms with Crippen LogP contribution in [-0.4, -0.2) is 16.2 Å². The van der Waals surface area contributed by atoms with E-state index in [1.807, 2.05) is 30.3 Å². The van der Waals surface area contributed by atoms with E-state index < -0.39 is 12.1 Å². The van der Waals surface area contributed by atoms with Crippen molar-refractivity contribution >= 4 is 6.03 Å². The van der Waals surface area contributed by atoms with E-state index in [9.17, 15) is 9.18 Å². The number of nitrogens with zero attached hydrogens (tertiary/aromatic N) is 2. The van der Waals surface area contributed by atoms with Gasteiger partial charge in [-0.3, -0.25) is 0 Å². The Morgan fingerprint density at radius 1 is 1.16 bits per heavy atom. The van der Waals surface area contributed by atoms with E-state index in [1.54, 1.807) is 19.1 Å². The third-order valence-electron chi connectivity index (χ3n) is 3.57. The second-order valence-corrected chi connectivity index (χ2v) is 5.46. The molecule has 128 valence electrons. The summed E-state index contributed by atoms with van der Waals surface area (Å²) in [7, 11) is 0. The van der Waals surface area contributed by atoms with Gasteiger partial charge in [0, 0.05) is 6.92 Å². The summed E-state index contributed by atoms with van der Waals surface area (Å²) in [6, 6.07) is 14.6. The van der Waals surface area contributed by atoms with Gasteiger partial charge in [0.15, 0.2) is 5.82 Å². The Balaban J connectivity index is 1.74. The molecule has 1 atom stereocenters. The molecule has 1 heterocycles. The van der Waals surface area contributed by atoms with Gasteiger partial charge < -0.3 is 15.2 Å². The van der Waals surface area contributed by atoms with Crippen LogP contribution in [0.1, 0.15) is 28.9 Å². The van der Waals surface area contributed by atoms with Crippen molar-refractivity contribution in [3.63, 3.8) is 0 Å². The van der Waals surface area contributed by atoms with Gasteiger partial charge in [-0.1, -0.05) is 47.6 Å². The molecule has 3 rings (SSSR count). The van der Waals surface area contributed by atoms with Crippen molar-refractivity contribution in [3.05, 3.63) is 83.3 Å². The molecule has 0 saturated carbocycles. The lowest BCUT2D eigenvalue weighted by Crippen LogP contribution is -2.38. The van der Waals surface area contributed by atoms with Crippen molar-refractivity contribution in [2.45, 2.75) is 19.5 Å². The zero-order chi connectivity index (χ0) is 17.6. The van der Waals surface area contributed by atoms with Crippen LogP contribution in [-0.2, 0) is 6.54 Å². The predicted octanol–water partition coefficient (Wildman–Crippen LogP) is 3.11. The van der Waals surface area contributed by atoms with Crippen LogP contribution in [0.4, 0.5) is 9.18 Å². The average molecular weight is 340 g/mol. The lowest BCUT2D eigenvalue weighted by atomic mass is 9.99. The molecule has 1 aromatic heterocycles. The van der Waals surface area contributed by atoms with Gasteiger partial charge in [-0.15, -0.1) is 0 Å². The Bertz CT molecular complexity index is 851. The maximum Gasteiger partial charge on any atom is 0.315 e. The summed E-state index contributed by atoms with van der Waals surface area (Å²) in [4.78, 5) is 16.3. The van der Waals surface area contributed by atoms with Gasteiger partial charge in [0.2, 0.25) is 5.89 Å². The average Bonchev–Trinajstić information content (AvgIpc) is 3.04. The van der Waals surface area contributed by atoms with Crippen LogP contribution in [0.15, 0.2) is 59.1 Å². The van der Waals surface area contributed by atoms with Crippen LogP contribution in [0.3, 0.4) is 0 Å². The van der Waals surface area contributed by atoms with Crippen LogP contribution in [0, 0.1) is 12.7 Å². The van der Waals surface area contributed by atoms with Gasteiger partial charge in [-0.25, -0.2) is 9.18 Å². The molecule has 2 N–H and O–H groups in total. The van der Waals surface area contributed by atoms with Crippen LogP contribution in [0.5, 0.6) is 0 Å². The molecule has 25 heavy (non-hydrogen) atoms. The molecule has 0 fully saturated rings. The molecule has 0 aliphatic rings. The van der Waals surface area contributed by atoms with Crippen molar-refractivity contribution in [1.29, 1.82) is 0 Å². The third-order valence-corrected chi connectivity index (χ3v) is 3.57. The first-order valence-corrected chi connectivity index (χ1v) is 7.76. The van der Waals surface area contributed by atoms with E-state index in [1.165, 1.54) is 12.1 Å². The molecular formula is C18H17FN4O2. The molecule has 0 saturated heterocycles. The highest BCUT2D eigenvalue weighted by molar-refractivity contribution is 5.75. The van der Waals surface area contributed by atoms with Crippen molar-refractivity contribution < 1.29 is 13.7 Å². The van der Waals surface area contributed by atoms with Gasteiger partial charge in [0.1, 0.15) is 5.82 Å². The standard InChI is InChI=1S/C18H17FN4O2/c1-12-21-16(23-25-12)11-20-18(24)22-17(13-6-3-2-4-7-13)14-8-5-9-15(19)10-14/h2-10,17H,11H2,1H3,(H2,20,22,24)/t17-/m1/s1. The summed E-state index contributed by atoms with van der Waals surface area (Å²) in [5.74, 6) is 0.455. The highest BCUT2D eigenvalue weighted by atomic mass is 19.1. The monoisotopic (exact) mass is 340 g/mol. The normalized spacial score (nSPS) is 11.8. The minimum Gasteiger partial charge on any atom is -0.340 e. The maximum atomic E-state index is 13.6. The summed E-state index contributed by atoms with van der Waals surface area (Å²) >= 11 is 0. The lowest BCUT2D eigenvalue weighted by molar-refractivity contribution is 0.238. The number of halogens is 1. The molecule has 3 aromatic rings. The summed E-state index contributed by atoms with van der Waals surface area (Å²) in [5, 5.41) is 9.24. The second-order valence-electron chi connectivity index (χ2n) is 5.46. The zero-order valence-corrected chi connectivity index (χ0v) is 13.6. The molecule has 2 amide bonds. The van der Waals surface area contributed by atoms with Crippen molar-refractivity contribution in [3.8, 4) is 0 Å². The molecular weight excluding hydrogens is 323 g/mol. The largest absolute Gasteiger partial charge is 0.340 e. The lowest BCUT2D eigenvalue weighted by Gasteiger charge is -2.20. The molecule has 0 bridgehead atoms. The Morgan fingerprint density at radius 2 is 1.92 bits per heavy atom. The number of aryl methyl sites for hydroxylation is 1. The van der Waals surface area contributed by atoms with E-state index in [0.29, 0.717) is 17.3 Å². The number of aromatic nitrogens is 2. The Kier molecular flexibility index (Phi) is 5.03. The Labute approximate surface area is 144 Å².